The Morgan fingerprint density at radius 1 is 0.975 bits per heavy atom. The lowest BCUT2D eigenvalue weighted by molar-refractivity contribution is 0.0542. The minimum atomic E-state index is -0.727. The van der Waals surface area contributed by atoms with E-state index >= 15 is 0 Å². The first-order valence-electron chi connectivity index (χ1n) is 13.3. The van der Waals surface area contributed by atoms with Crippen molar-refractivity contribution in [3.63, 3.8) is 0 Å². The lowest BCUT2D eigenvalue weighted by Crippen LogP contribution is -2.27. The van der Waals surface area contributed by atoms with E-state index < -0.39 is 17.7 Å². The SMILES string of the molecule is CCc1nc2c(C)cc(C)nc2n1Cc1ccc2c(c1)nc(-c1ccccc1C(=O)OC)n2C(=O)OC(C)(C)C. The smallest absolute Gasteiger partial charge is 0.420 e. The Morgan fingerprint density at radius 2 is 1.73 bits per heavy atom. The maximum atomic E-state index is 13.5. The average Bonchev–Trinajstić information content (AvgIpc) is 3.45. The molecule has 9 heteroatoms. The van der Waals surface area contributed by atoms with Gasteiger partial charge in [0.05, 0.1) is 30.3 Å². The van der Waals surface area contributed by atoms with Crippen LogP contribution in [0.1, 0.15) is 60.7 Å². The molecule has 0 aliphatic carbocycles. The summed E-state index contributed by atoms with van der Waals surface area (Å²) in [7, 11) is 1.32. The minimum Gasteiger partial charge on any atom is -0.465 e. The van der Waals surface area contributed by atoms with Gasteiger partial charge >= 0.3 is 12.1 Å². The van der Waals surface area contributed by atoms with Crippen LogP contribution in [0.3, 0.4) is 0 Å². The van der Waals surface area contributed by atoms with Crippen LogP contribution in [0.4, 0.5) is 4.79 Å². The van der Waals surface area contributed by atoms with Crippen LogP contribution in [0.25, 0.3) is 33.6 Å². The van der Waals surface area contributed by atoms with Gasteiger partial charge in [0, 0.05) is 17.7 Å². The van der Waals surface area contributed by atoms with Gasteiger partial charge in [-0.2, -0.15) is 0 Å². The maximum Gasteiger partial charge on any atom is 0.420 e. The van der Waals surface area contributed by atoms with Gasteiger partial charge in [-0.05, 0) is 70.0 Å². The average molecular weight is 540 g/mol. The van der Waals surface area contributed by atoms with Gasteiger partial charge in [-0.3, -0.25) is 0 Å². The summed E-state index contributed by atoms with van der Waals surface area (Å²) in [6, 6.07) is 14.8. The van der Waals surface area contributed by atoms with E-state index in [1.165, 1.54) is 11.7 Å². The molecule has 3 heterocycles. The number of aryl methyl sites for hydroxylation is 3. The zero-order chi connectivity index (χ0) is 28.8. The predicted octanol–water partition coefficient (Wildman–Crippen LogP) is 6.25. The second-order valence-electron chi connectivity index (χ2n) is 10.8. The highest BCUT2D eigenvalue weighted by molar-refractivity contribution is 6.00. The van der Waals surface area contributed by atoms with Crippen molar-refractivity contribution in [2.75, 3.05) is 7.11 Å². The normalized spacial score (nSPS) is 11.8. The van der Waals surface area contributed by atoms with Crippen molar-refractivity contribution in [3.8, 4) is 11.4 Å². The van der Waals surface area contributed by atoms with E-state index in [2.05, 4.69) is 18.4 Å². The Hall–Kier alpha value is -4.53. The third-order valence-electron chi connectivity index (χ3n) is 6.63. The van der Waals surface area contributed by atoms with Crippen molar-refractivity contribution < 1.29 is 19.1 Å². The highest BCUT2D eigenvalue weighted by Crippen LogP contribution is 2.30. The number of rotatable bonds is 5. The van der Waals surface area contributed by atoms with E-state index in [0.717, 1.165) is 40.2 Å². The van der Waals surface area contributed by atoms with Crippen LogP contribution in [0, 0.1) is 13.8 Å². The monoisotopic (exact) mass is 539 g/mol. The number of carbonyl (C=O) groups excluding carboxylic acids is 2. The van der Waals surface area contributed by atoms with E-state index in [-0.39, 0.29) is 0 Å². The van der Waals surface area contributed by atoms with Crippen molar-refractivity contribution in [2.24, 2.45) is 0 Å². The molecule has 3 aromatic heterocycles. The van der Waals surface area contributed by atoms with Crippen molar-refractivity contribution >= 4 is 34.3 Å². The number of aromatic nitrogens is 5. The number of methoxy groups -OCH3 is 1. The van der Waals surface area contributed by atoms with E-state index in [0.29, 0.717) is 34.5 Å². The van der Waals surface area contributed by atoms with E-state index in [1.54, 1.807) is 24.3 Å². The highest BCUT2D eigenvalue weighted by Gasteiger charge is 2.26. The maximum absolute atomic E-state index is 13.5. The fraction of sp³-hybridized carbons (Fsp3) is 0.323. The molecule has 9 nitrogen and oxygen atoms in total. The van der Waals surface area contributed by atoms with Gasteiger partial charge < -0.3 is 14.0 Å². The third-order valence-corrected chi connectivity index (χ3v) is 6.63. The van der Waals surface area contributed by atoms with Crippen LogP contribution < -0.4 is 0 Å². The Balaban J connectivity index is 1.67. The fourth-order valence-electron chi connectivity index (χ4n) is 4.93. The molecule has 40 heavy (non-hydrogen) atoms. The van der Waals surface area contributed by atoms with Crippen LogP contribution in [-0.2, 0) is 22.4 Å². The van der Waals surface area contributed by atoms with Crippen LogP contribution in [-0.4, -0.2) is 48.9 Å². The Labute approximate surface area is 232 Å². The summed E-state index contributed by atoms with van der Waals surface area (Å²) in [6.07, 6.45) is 0.181. The van der Waals surface area contributed by atoms with Gasteiger partial charge in [0.25, 0.3) is 0 Å². The van der Waals surface area contributed by atoms with Crippen LogP contribution >= 0.6 is 0 Å². The first-order valence-corrected chi connectivity index (χ1v) is 13.3. The number of nitrogens with zero attached hydrogens (tertiary/aromatic N) is 5. The number of hydrogen-bond acceptors (Lipinski definition) is 7. The summed E-state index contributed by atoms with van der Waals surface area (Å²) in [5.74, 6) is 0.733. The van der Waals surface area contributed by atoms with Gasteiger partial charge in [0.1, 0.15) is 16.9 Å². The zero-order valence-electron chi connectivity index (χ0n) is 23.9. The van der Waals surface area contributed by atoms with Crippen molar-refractivity contribution in [1.29, 1.82) is 0 Å². The molecule has 0 unspecified atom stereocenters. The summed E-state index contributed by atoms with van der Waals surface area (Å²) < 4.78 is 14.3. The molecule has 0 N–H and O–H groups in total. The van der Waals surface area contributed by atoms with Gasteiger partial charge in [-0.15, -0.1) is 0 Å². The topological polar surface area (TPSA) is 101 Å². The summed E-state index contributed by atoms with van der Waals surface area (Å²) in [4.78, 5) is 40.6. The molecule has 2 aromatic carbocycles. The molecular formula is C31H33N5O4. The third kappa shape index (κ3) is 4.95. The van der Waals surface area contributed by atoms with Gasteiger partial charge in [-0.25, -0.2) is 29.1 Å². The number of fused-ring (bicyclic) bond motifs is 2. The summed E-state index contributed by atoms with van der Waals surface area (Å²) in [5.41, 5.74) is 5.98. The van der Waals surface area contributed by atoms with E-state index in [1.807, 2.05) is 52.0 Å². The summed E-state index contributed by atoms with van der Waals surface area (Å²) in [5, 5.41) is 0. The number of benzene rings is 2. The lowest BCUT2D eigenvalue weighted by atomic mass is 10.1. The number of carbonyl (C=O) groups is 2. The van der Waals surface area contributed by atoms with Crippen LogP contribution in [0.5, 0.6) is 0 Å². The first-order chi connectivity index (χ1) is 19.0. The Morgan fingerprint density at radius 3 is 2.42 bits per heavy atom. The van der Waals surface area contributed by atoms with Crippen LogP contribution in [0.2, 0.25) is 0 Å². The Bertz CT molecular complexity index is 1770. The molecule has 0 fully saturated rings. The minimum absolute atomic E-state index is 0.303. The van der Waals surface area contributed by atoms with Crippen molar-refractivity contribution in [2.45, 2.75) is 60.1 Å². The summed E-state index contributed by atoms with van der Waals surface area (Å²) in [6.45, 7) is 12.1. The number of imidazole rings is 2. The van der Waals surface area contributed by atoms with E-state index in [4.69, 9.17) is 24.4 Å². The second kappa shape index (κ2) is 10.2. The van der Waals surface area contributed by atoms with Gasteiger partial charge in [0.2, 0.25) is 0 Å². The standard InChI is InChI=1S/C31H33N5O4/c1-8-25-34-26-18(2)15-19(3)32-28(26)35(25)17-20-13-14-24-23(16-20)33-27(36(24)30(38)40-31(4,5)6)21-11-9-10-12-22(21)29(37)39-7/h9-16H,8,17H2,1-7H3. The quantitative estimate of drug-likeness (QED) is 0.244. The molecule has 206 valence electrons. The molecule has 0 radical (unpaired) electrons. The number of esters is 1. The number of pyridine rings is 1. The van der Waals surface area contributed by atoms with Crippen molar-refractivity contribution in [1.82, 2.24) is 24.1 Å². The molecule has 5 aromatic rings. The molecular weight excluding hydrogens is 506 g/mol. The second-order valence-corrected chi connectivity index (χ2v) is 10.8. The van der Waals surface area contributed by atoms with Crippen molar-refractivity contribution in [3.05, 3.63) is 76.7 Å². The molecule has 0 bridgehead atoms. The van der Waals surface area contributed by atoms with E-state index in [9.17, 15) is 9.59 Å². The highest BCUT2D eigenvalue weighted by atomic mass is 16.6. The first kappa shape index (κ1) is 27.1. The van der Waals surface area contributed by atoms with Gasteiger partial charge in [-0.1, -0.05) is 31.2 Å². The number of ether oxygens (including phenoxy) is 2. The number of hydrogen-bond donors (Lipinski definition) is 0. The molecule has 0 saturated heterocycles. The van der Waals surface area contributed by atoms with Crippen LogP contribution in [0.15, 0.2) is 48.5 Å². The molecule has 0 amide bonds. The molecule has 0 aliphatic heterocycles. The largest absolute Gasteiger partial charge is 0.465 e. The summed E-state index contributed by atoms with van der Waals surface area (Å²) >= 11 is 0. The zero-order valence-corrected chi connectivity index (χ0v) is 23.9. The molecule has 0 aliphatic rings. The molecule has 0 atom stereocenters. The van der Waals surface area contributed by atoms with Gasteiger partial charge in [0.15, 0.2) is 11.5 Å². The predicted molar refractivity (Wildman–Crippen MR) is 154 cm³/mol. The Kier molecular flexibility index (Phi) is 6.91. The fourth-order valence-corrected chi connectivity index (χ4v) is 4.93. The molecule has 0 saturated carbocycles. The molecule has 0 spiro atoms. The molecule has 5 rings (SSSR count). The lowest BCUT2D eigenvalue weighted by Gasteiger charge is -2.20.